The van der Waals surface area contributed by atoms with Gasteiger partial charge in [-0.1, -0.05) is 42.8 Å². The van der Waals surface area contributed by atoms with Gasteiger partial charge in [0.25, 0.3) is 0 Å². The quantitative estimate of drug-likeness (QED) is 0.679. The van der Waals surface area contributed by atoms with Crippen molar-refractivity contribution < 1.29 is 13.9 Å². The summed E-state index contributed by atoms with van der Waals surface area (Å²) in [6.07, 6.45) is 5.97. The average molecular weight is 441 g/mol. The van der Waals surface area contributed by atoms with Crippen LogP contribution in [0.1, 0.15) is 36.8 Å². The van der Waals surface area contributed by atoms with Crippen LogP contribution in [0.2, 0.25) is 0 Å². The highest BCUT2D eigenvalue weighted by molar-refractivity contribution is 5.56. The van der Waals surface area contributed by atoms with Crippen LogP contribution in [0.15, 0.2) is 54.1 Å². The van der Waals surface area contributed by atoms with E-state index >= 15 is 0 Å². The third-order valence-corrected chi connectivity index (χ3v) is 7.18. The smallest absolute Gasteiger partial charge is 0.126 e. The standard InChI is InChI=1S/C27H34F2N2O/c1-30-14-16-31(17-15-30)20-24-8-4-3-7-23(18-21-10-12-25(28)13-11-21)27(24,32)19-22-6-2-5-9-26(22)29/h2,5-6,9-13,18,24,32H,3-4,7-8,14-17,19-20H2,1H3. The average Bonchev–Trinajstić information content (AvgIpc) is 2.92. The van der Waals surface area contributed by atoms with Crippen molar-refractivity contribution in [1.82, 2.24) is 9.80 Å². The van der Waals surface area contributed by atoms with Crippen molar-refractivity contribution in [3.63, 3.8) is 0 Å². The molecule has 0 radical (unpaired) electrons. The van der Waals surface area contributed by atoms with E-state index in [4.69, 9.17) is 0 Å². The highest BCUT2D eigenvalue weighted by Crippen LogP contribution is 2.41. The molecule has 0 bridgehead atoms. The largest absolute Gasteiger partial charge is 0.385 e. The van der Waals surface area contributed by atoms with E-state index in [1.165, 1.54) is 18.2 Å². The number of benzene rings is 2. The lowest BCUT2D eigenvalue weighted by Crippen LogP contribution is -2.51. The Balaban J connectivity index is 1.69. The summed E-state index contributed by atoms with van der Waals surface area (Å²) in [4.78, 5) is 4.77. The van der Waals surface area contributed by atoms with Gasteiger partial charge in [0.1, 0.15) is 11.6 Å². The zero-order chi connectivity index (χ0) is 22.6. The Morgan fingerprint density at radius 2 is 1.72 bits per heavy atom. The van der Waals surface area contributed by atoms with Crippen LogP contribution >= 0.6 is 0 Å². The summed E-state index contributed by atoms with van der Waals surface area (Å²) in [5, 5.41) is 12.3. The molecule has 1 aliphatic carbocycles. The first-order valence-corrected chi connectivity index (χ1v) is 11.8. The summed E-state index contributed by atoms with van der Waals surface area (Å²) >= 11 is 0. The van der Waals surface area contributed by atoms with Gasteiger partial charge in [-0.25, -0.2) is 8.78 Å². The minimum Gasteiger partial charge on any atom is -0.385 e. The minimum atomic E-state index is -1.14. The molecule has 1 N–H and O–H groups in total. The fraction of sp³-hybridized carbons (Fsp3) is 0.481. The fourth-order valence-electron chi connectivity index (χ4n) is 5.16. The molecule has 2 atom stereocenters. The highest BCUT2D eigenvalue weighted by Gasteiger charge is 2.42. The summed E-state index contributed by atoms with van der Waals surface area (Å²) in [6, 6.07) is 13.1. The predicted molar refractivity (Wildman–Crippen MR) is 125 cm³/mol. The van der Waals surface area contributed by atoms with Gasteiger partial charge in [0.2, 0.25) is 0 Å². The Bertz CT molecular complexity index is 922. The molecule has 0 spiro atoms. The number of likely N-dealkylation sites (N-methyl/N-ethyl adjacent to an activating group) is 1. The molecule has 1 heterocycles. The lowest BCUT2D eigenvalue weighted by molar-refractivity contribution is -0.00697. The Hall–Kier alpha value is -2.08. The molecule has 0 aromatic heterocycles. The monoisotopic (exact) mass is 440 g/mol. The maximum Gasteiger partial charge on any atom is 0.126 e. The SMILES string of the molecule is CN1CCN(CC2CCCCC(=Cc3ccc(F)cc3)C2(O)Cc2ccccc2F)CC1. The van der Waals surface area contributed by atoms with Crippen molar-refractivity contribution in [2.75, 3.05) is 39.8 Å². The van der Waals surface area contributed by atoms with Crippen molar-refractivity contribution in [1.29, 1.82) is 0 Å². The lowest BCUT2D eigenvalue weighted by Gasteiger charge is -2.42. The van der Waals surface area contributed by atoms with Crippen LogP contribution in [0.3, 0.4) is 0 Å². The summed E-state index contributed by atoms with van der Waals surface area (Å²) in [5.41, 5.74) is 1.21. The second-order valence-electron chi connectivity index (χ2n) is 9.46. The Labute approximate surface area is 190 Å². The molecule has 1 saturated carbocycles. The van der Waals surface area contributed by atoms with Gasteiger partial charge in [-0.15, -0.1) is 0 Å². The number of nitrogens with zero attached hydrogens (tertiary/aromatic N) is 2. The molecule has 4 rings (SSSR count). The molecular formula is C27H34F2N2O. The molecule has 2 fully saturated rings. The Kier molecular flexibility index (Phi) is 7.39. The van der Waals surface area contributed by atoms with Gasteiger partial charge in [0.05, 0.1) is 5.60 Å². The van der Waals surface area contributed by atoms with E-state index < -0.39 is 5.60 Å². The summed E-state index contributed by atoms with van der Waals surface area (Å²) < 4.78 is 28.1. The van der Waals surface area contributed by atoms with Gasteiger partial charge >= 0.3 is 0 Å². The van der Waals surface area contributed by atoms with Crippen LogP contribution in [0.25, 0.3) is 6.08 Å². The van der Waals surface area contributed by atoms with Gasteiger partial charge in [0, 0.05) is 45.1 Å². The van der Waals surface area contributed by atoms with Crippen LogP contribution in [-0.2, 0) is 6.42 Å². The van der Waals surface area contributed by atoms with Crippen LogP contribution in [0.4, 0.5) is 8.78 Å². The number of aliphatic hydroxyl groups is 1. The molecule has 3 nitrogen and oxygen atoms in total. The highest BCUT2D eigenvalue weighted by atomic mass is 19.1. The topological polar surface area (TPSA) is 26.7 Å². The Morgan fingerprint density at radius 1 is 1.00 bits per heavy atom. The molecule has 2 unspecified atom stereocenters. The second-order valence-corrected chi connectivity index (χ2v) is 9.46. The van der Waals surface area contributed by atoms with Crippen LogP contribution in [0.5, 0.6) is 0 Å². The molecule has 2 aromatic rings. The van der Waals surface area contributed by atoms with Crippen molar-refractivity contribution >= 4 is 6.08 Å². The molecule has 5 heteroatoms. The van der Waals surface area contributed by atoms with Gasteiger partial charge in [0.15, 0.2) is 0 Å². The fourth-order valence-corrected chi connectivity index (χ4v) is 5.16. The molecular weight excluding hydrogens is 406 g/mol. The van der Waals surface area contributed by atoms with Crippen LogP contribution < -0.4 is 0 Å². The lowest BCUT2D eigenvalue weighted by atomic mass is 9.74. The molecule has 172 valence electrons. The molecule has 0 amide bonds. The number of hydrogen-bond donors (Lipinski definition) is 1. The second kappa shape index (κ2) is 10.2. The maximum absolute atomic E-state index is 14.7. The first kappa shape index (κ1) is 23.1. The summed E-state index contributed by atoms with van der Waals surface area (Å²) in [5.74, 6) is -0.535. The molecule has 2 aromatic carbocycles. The number of piperazine rings is 1. The Morgan fingerprint density at radius 3 is 2.44 bits per heavy atom. The van der Waals surface area contributed by atoms with Gasteiger partial charge in [-0.2, -0.15) is 0 Å². The normalized spacial score (nSPS) is 26.9. The van der Waals surface area contributed by atoms with Gasteiger partial charge in [-0.05, 0) is 61.2 Å². The molecule has 32 heavy (non-hydrogen) atoms. The number of rotatable bonds is 5. The van der Waals surface area contributed by atoms with E-state index in [1.807, 2.05) is 12.1 Å². The zero-order valence-corrected chi connectivity index (χ0v) is 18.9. The molecule has 2 aliphatic rings. The van der Waals surface area contributed by atoms with Crippen molar-refractivity contribution in [3.05, 3.63) is 76.9 Å². The third-order valence-electron chi connectivity index (χ3n) is 7.18. The minimum absolute atomic E-state index is 0.0136. The van der Waals surface area contributed by atoms with E-state index in [9.17, 15) is 13.9 Å². The van der Waals surface area contributed by atoms with E-state index in [2.05, 4.69) is 16.8 Å². The first-order valence-electron chi connectivity index (χ1n) is 11.8. The summed E-state index contributed by atoms with van der Waals surface area (Å²) in [6.45, 7) is 4.83. The predicted octanol–water partition coefficient (Wildman–Crippen LogP) is 4.76. The van der Waals surface area contributed by atoms with E-state index in [0.717, 1.165) is 69.5 Å². The van der Waals surface area contributed by atoms with Gasteiger partial charge < -0.3 is 14.9 Å². The molecule has 1 saturated heterocycles. The van der Waals surface area contributed by atoms with Crippen molar-refractivity contribution in [3.8, 4) is 0 Å². The first-order chi connectivity index (χ1) is 15.4. The van der Waals surface area contributed by atoms with Crippen LogP contribution in [0, 0.1) is 17.6 Å². The summed E-state index contributed by atoms with van der Waals surface area (Å²) in [7, 11) is 2.14. The van der Waals surface area contributed by atoms with Crippen molar-refractivity contribution in [2.45, 2.75) is 37.7 Å². The van der Waals surface area contributed by atoms with E-state index in [-0.39, 0.29) is 24.0 Å². The molecule has 1 aliphatic heterocycles. The van der Waals surface area contributed by atoms with E-state index in [0.29, 0.717) is 5.56 Å². The number of halogens is 2. The third kappa shape index (κ3) is 5.45. The van der Waals surface area contributed by atoms with Crippen molar-refractivity contribution in [2.24, 2.45) is 5.92 Å². The van der Waals surface area contributed by atoms with E-state index in [1.54, 1.807) is 24.3 Å². The van der Waals surface area contributed by atoms with Gasteiger partial charge in [-0.3, -0.25) is 0 Å². The number of hydrogen-bond acceptors (Lipinski definition) is 3. The van der Waals surface area contributed by atoms with Crippen LogP contribution in [-0.4, -0.2) is 60.3 Å². The maximum atomic E-state index is 14.7. The zero-order valence-electron chi connectivity index (χ0n) is 18.9.